The van der Waals surface area contributed by atoms with E-state index < -0.39 is 52.0 Å². The summed E-state index contributed by atoms with van der Waals surface area (Å²) in [5.41, 5.74) is 1.04. The Balaban J connectivity index is 1.51. The summed E-state index contributed by atoms with van der Waals surface area (Å²) in [6, 6.07) is 9.41. The van der Waals surface area contributed by atoms with Crippen molar-refractivity contribution in [2.24, 2.45) is 15.9 Å². The molecule has 1 amide bonds. The maximum Gasteiger partial charge on any atom is 0.480 e. The number of benzene rings is 1. The van der Waals surface area contributed by atoms with Gasteiger partial charge in [0.2, 0.25) is 12.1 Å². The molecule has 2 aliphatic rings. The maximum absolute atomic E-state index is 13.7. The fourth-order valence-electron chi connectivity index (χ4n) is 5.10. The van der Waals surface area contributed by atoms with Crippen LogP contribution in [0.4, 0.5) is 0 Å². The van der Waals surface area contributed by atoms with Crippen molar-refractivity contribution in [2.45, 2.75) is 56.8 Å². The van der Waals surface area contributed by atoms with E-state index in [0.717, 1.165) is 12.0 Å². The first kappa shape index (κ1) is 39.5. The van der Waals surface area contributed by atoms with E-state index >= 15 is 0 Å². The highest BCUT2D eigenvalue weighted by atomic mass is 31.2. The van der Waals surface area contributed by atoms with E-state index in [2.05, 4.69) is 21.5 Å². The van der Waals surface area contributed by atoms with Gasteiger partial charge in [-0.05, 0) is 24.8 Å². The molecule has 5 N–H and O–H groups in total. The fraction of sp³-hybridized carbons (Fsp3) is 0.552. The van der Waals surface area contributed by atoms with Crippen molar-refractivity contribution in [3.8, 4) is 0 Å². The Morgan fingerprint density at radius 3 is 2.31 bits per heavy atom. The number of nitrogens with one attached hydrogen (secondary N) is 1. The summed E-state index contributed by atoms with van der Waals surface area (Å²) < 4.78 is 39.8. The number of Topliss-reactive ketones (excluding diaryl/α,β-unsaturated/α-hetero) is 1. The van der Waals surface area contributed by atoms with Crippen molar-refractivity contribution in [3.05, 3.63) is 48.3 Å². The number of aliphatic imine (C=N–C) groups is 2. The largest absolute Gasteiger partial charge is 0.480 e. The third-order valence-electron chi connectivity index (χ3n) is 7.57. The van der Waals surface area contributed by atoms with Gasteiger partial charge in [0.25, 0.3) is 11.5 Å². The molecule has 2 heterocycles. The molecular formula is C29H42BN4O12P2+. The molecule has 0 bridgehead atoms. The number of amides is 1. The average molecular weight is 711 g/mol. The molecule has 48 heavy (non-hydrogen) atoms. The van der Waals surface area contributed by atoms with Gasteiger partial charge in [-0.15, -0.1) is 0 Å². The van der Waals surface area contributed by atoms with Crippen LogP contribution in [0.5, 0.6) is 0 Å². The minimum absolute atomic E-state index is 0.0727. The van der Waals surface area contributed by atoms with Crippen molar-refractivity contribution in [2.75, 3.05) is 39.5 Å². The fourth-order valence-corrected chi connectivity index (χ4v) is 7.44. The van der Waals surface area contributed by atoms with Gasteiger partial charge in [-0.25, -0.2) is 4.99 Å². The summed E-state index contributed by atoms with van der Waals surface area (Å²) in [6.07, 6.45) is 6.05. The van der Waals surface area contributed by atoms with Crippen LogP contribution in [0, 0.1) is 12.1 Å². The molecule has 0 radical (unpaired) electrons. The van der Waals surface area contributed by atoms with Crippen molar-refractivity contribution in [1.29, 1.82) is 0 Å². The van der Waals surface area contributed by atoms with Gasteiger partial charge in [-0.2, -0.15) is 0 Å². The lowest BCUT2D eigenvalue weighted by molar-refractivity contribution is -0.143. The molecule has 0 spiro atoms. The van der Waals surface area contributed by atoms with Crippen molar-refractivity contribution >= 4 is 51.9 Å². The van der Waals surface area contributed by atoms with E-state index in [-0.39, 0.29) is 43.6 Å². The smallest absolute Gasteiger partial charge is 0.466 e. The third-order valence-corrected chi connectivity index (χ3v) is 11.3. The van der Waals surface area contributed by atoms with Gasteiger partial charge in [0.15, 0.2) is 11.6 Å². The second-order valence-corrected chi connectivity index (χ2v) is 15.4. The molecule has 0 aliphatic carbocycles. The Hall–Kier alpha value is -2.94. The van der Waals surface area contributed by atoms with Gasteiger partial charge >= 0.3 is 28.3 Å². The van der Waals surface area contributed by atoms with Crippen LogP contribution in [0.15, 0.2) is 46.5 Å². The number of hydrogen-bond acceptors (Lipinski definition) is 11. The van der Waals surface area contributed by atoms with Gasteiger partial charge in [0.1, 0.15) is 6.21 Å². The summed E-state index contributed by atoms with van der Waals surface area (Å²) in [7, 11) is -11.2. The highest BCUT2D eigenvalue weighted by molar-refractivity contribution is 7.70. The first-order valence-corrected chi connectivity index (χ1v) is 18.9. The average Bonchev–Trinajstić information content (AvgIpc) is 3.02. The molecule has 0 aromatic heterocycles. The van der Waals surface area contributed by atoms with Crippen LogP contribution in [0.2, 0.25) is 0 Å². The minimum Gasteiger partial charge on any atom is -0.466 e. The van der Waals surface area contributed by atoms with Crippen LogP contribution >= 0.6 is 15.2 Å². The zero-order valence-electron chi connectivity index (χ0n) is 26.6. The number of ether oxygens (including phenoxy) is 1. The number of carbonyl (C=O) groups excluding carboxylic acids is 3. The van der Waals surface area contributed by atoms with Crippen molar-refractivity contribution < 1.29 is 57.1 Å². The summed E-state index contributed by atoms with van der Waals surface area (Å²) >= 11 is 0. The number of carbonyl (C=O) groups is 3. The Labute approximate surface area is 279 Å². The molecule has 2 atom stereocenters. The topological polar surface area (TPSA) is 234 Å². The molecule has 19 heteroatoms. The summed E-state index contributed by atoms with van der Waals surface area (Å²) in [5, 5.41) is 0.615. The van der Waals surface area contributed by atoms with E-state index in [0.29, 0.717) is 38.9 Å². The number of nitrogens with zero attached hydrogens (tertiary/aromatic N) is 3. The van der Waals surface area contributed by atoms with E-state index in [1.54, 1.807) is 0 Å². The van der Waals surface area contributed by atoms with E-state index in [9.17, 15) is 43.1 Å². The number of hydrogen-bond donors (Lipinski definition) is 5. The van der Waals surface area contributed by atoms with Crippen LogP contribution in [-0.4, -0.2) is 112 Å². The van der Waals surface area contributed by atoms with Crippen LogP contribution < -0.4 is 5.32 Å². The number of rotatable bonds is 18. The van der Waals surface area contributed by atoms with Crippen LogP contribution in [0.1, 0.15) is 44.6 Å². The summed E-state index contributed by atoms with van der Waals surface area (Å²) in [5.74, 6) is -2.91. The molecule has 1 fully saturated rings. The predicted octanol–water partition coefficient (Wildman–Crippen LogP) is 1.27. The highest BCUT2D eigenvalue weighted by Crippen LogP contribution is 2.61. The van der Waals surface area contributed by atoms with Gasteiger partial charge in [-0.3, -0.25) is 28.4 Å². The van der Waals surface area contributed by atoms with E-state index in [4.69, 9.17) is 14.0 Å². The van der Waals surface area contributed by atoms with Crippen LogP contribution in [-0.2, 0) is 44.0 Å². The molecule has 1 aromatic rings. The van der Waals surface area contributed by atoms with Gasteiger partial charge in [-0.1, -0.05) is 43.7 Å². The maximum atomic E-state index is 13.7. The normalized spacial score (nSPS) is 17.1. The number of esters is 1. The molecule has 16 nitrogen and oxygen atoms in total. The van der Waals surface area contributed by atoms with Crippen molar-refractivity contribution in [1.82, 2.24) is 10.2 Å². The zero-order chi connectivity index (χ0) is 35.2. The Bertz CT molecular complexity index is 1390. The van der Waals surface area contributed by atoms with Crippen LogP contribution in [0.3, 0.4) is 0 Å². The second kappa shape index (κ2) is 19.3. The lowest BCUT2D eigenvalue weighted by atomic mass is 9.74. The monoisotopic (exact) mass is 711 g/mol. The van der Waals surface area contributed by atoms with E-state index in [1.165, 1.54) is 12.4 Å². The molecule has 3 rings (SSSR count). The Morgan fingerprint density at radius 2 is 1.73 bits per heavy atom. The molecular weight excluding hydrogens is 669 g/mol. The summed E-state index contributed by atoms with van der Waals surface area (Å²) in [4.78, 5) is 85.2. The Kier molecular flexibility index (Phi) is 15.9. The predicted molar refractivity (Wildman–Crippen MR) is 176 cm³/mol. The van der Waals surface area contributed by atoms with Gasteiger partial charge in [0.05, 0.1) is 24.9 Å². The lowest BCUT2D eigenvalue weighted by Crippen LogP contribution is -2.53. The van der Waals surface area contributed by atoms with Gasteiger partial charge in [0, 0.05) is 44.3 Å². The third kappa shape index (κ3) is 13.5. The first-order chi connectivity index (χ1) is 22.8. The SMILES string of the molecule is CCC[C@H](NC(=O)[C@H](CC(=O)C1=N[C+]=CN=C1)Cc1ccccc1)B1OCCN(CCCOC(=O)CC(P(=O)(O)O)P(=O)(O)O)CCO1. The molecule has 1 saturated heterocycles. The van der Waals surface area contributed by atoms with E-state index in [1.807, 2.05) is 42.2 Å². The first-order valence-electron chi connectivity index (χ1n) is 15.5. The highest BCUT2D eigenvalue weighted by Gasteiger charge is 2.45. The quantitative estimate of drug-likeness (QED) is 0.0475. The molecule has 262 valence electrons. The molecule has 0 saturated carbocycles. The van der Waals surface area contributed by atoms with Gasteiger partial charge < -0.3 is 38.9 Å². The van der Waals surface area contributed by atoms with Crippen LogP contribution in [0.25, 0.3) is 0 Å². The zero-order valence-corrected chi connectivity index (χ0v) is 28.4. The molecule has 2 aliphatic heterocycles. The number of ketones is 1. The van der Waals surface area contributed by atoms with Crippen molar-refractivity contribution in [3.63, 3.8) is 0 Å². The standard InChI is InChI=1S/C29H41BN4O12P2/c1-2-7-26(33-29(37)23(18-22-8-4-3-5-9-22)19-25(35)24-21-31-10-11-32-24)30-45-16-13-34(14-17-46-30)12-6-15-44-27(36)20-28(47(38,39)40)48(41,42)43/h3-5,8-10,21,23,26,28H,2,6-7,12-20H2,1H3,(H4-,33,37,38,39,40,41,42,43)/p+1/t23-,26-/m0/s1. The lowest BCUT2D eigenvalue weighted by Gasteiger charge is -2.31. The Morgan fingerprint density at radius 1 is 1.06 bits per heavy atom. The molecule has 0 unspecified atom stereocenters. The minimum atomic E-state index is -5.23. The molecule has 1 aromatic carbocycles. The summed E-state index contributed by atoms with van der Waals surface area (Å²) in [6.45, 7) is 3.84. The second-order valence-electron chi connectivity index (χ2n) is 11.3.